The molecule has 2 N–H and O–H groups in total. The number of alkyl halides is 3. The summed E-state index contributed by atoms with van der Waals surface area (Å²) in [5.41, 5.74) is 1.65. The van der Waals surface area contributed by atoms with E-state index in [0.717, 1.165) is 18.4 Å². The Kier molecular flexibility index (Phi) is 9.64. The second-order valence-electron chi connectivity index (χ2n) is 12.1. The van der Waals surface area contributed by atoms with Gasteiger partial charge in [-0.05, 0) is 70.4 Å². The zero-order valence-corrected chi connectivity index (χ0v) is 26.4. The third-order valence-corrected chi connectivity index (χ3v) is 7.20. The van der Waals surface area contributed by atoms with E-state index in [9.17, 15) is 22.8 Å². The smallest absolute Gasteiger partial charge is 0.410 e. The van der Waals surface area contributed by atoms with Gasteiger partial charge in [0.15, 0.2) is 0 Å². The molecule has 1 atom stereocenters. The Bertz CT molecular complexity index is 1810. The van der Waals surface area contributed by atoms with Crippen molar-refractivity contribution in [2.75, 3.05) is 23.7 Å². The topological polar surface area (TPSA) is 119 Å². The molecule has 0 spiro atoms. The Morgan fingerprint density at radius 3 is 2.57 bits per heavy atom. The molecule has 1 saturated heterocycles. The van der Waals surface area contributed by atoms with Gasteiger partial charge in [0.2, 0.25) is 17.7 Å². The average molecular weight is 649 g/mol. The Balaban J connectivity index is 1.38. The Morgan fingerprint density at radius 1 is 1.00 bits per heavy atom. The fourth-order valence-electron chi connectivity index (χ4n) is 5.14. The number of aryl methyl sites for hydroxylation is 1. The molecule has 10 nitrogen and oxygen atoms in total. The van der Waals surface area contributed by atoms with E-state index in [0.29, 0.717) is 58.6 Å². The summed E-state index contributed by atoms with van der Waals surface area (Å²) in [6.45, 7) is 8.42. The molecule has 47 heavy (non-hydrogen) atoms. The number of anilines is 2. The molecular weight excluding hydrogens is 613 g/mol. The highest BCUT2D eigenvalue weighted by Gasteiger charge is 2.28. The summed E-state index contributed by atoms with van der Waals surface area (Å²) in [5, 5.41) is 7.05. The Labute approximate surface area is 270 Å². The van der Waals surface area contributed by atoms with Gasteiger partial charge in [-0.1, -0.05) is 24.3 Å². The molecule has 0 unspecified atom stereocenters. The zero-order valence-electron chi connectivity index (χ0n) is 26.4. The number of fused-ring (bicyclic) bond motifs is 1. The van der Waals surface area contributed by atoms with Crippen LogP contribution in [0, 0.1) is 6.92 Å². The maximum atomic E-state index is 12.6. The zero-order chi connectivity index (χ0) is 33.8. The minimum absolute atomic E-state index is 0.0758. The van der Waals surface area contributed by atoms with Crippen molar-refractivity contribution in [1.29, 1.82) is 0 Å². The van der Waals surface area contributed by atoms with Crippen molar-refractivity contribution in [2.24, 2.45) is 0 Å². The normalized spacial score (nSPS) is 15.5. The fourth-order valence-corrected chi connectivity index (χ4v) is 5.14. The van der Waals surface area contributed by atoms with Crippen LogP contribution in [0.1, 0.15) is 39.2 Å². The van der Waals surface area contributed by atoms with E-state index in [1.54, 1.807) is 59.8 Å². The Morgan fingerprint density at radius 2 is 1.81 bits per heavy atom. The molecule has 2 aromatic heterocycles. The number of nitrogens with one attached hydrogen (secondary N) is 2. The number of nitrogens with zero attached hydrogens (tertiary/aromatic N) is 4. The number of carbonyl (C=O) groups is 2. The molecule has 1 aliphatic heterocycles. The van der Waals surface area contributed by atoms with Crippen LogP contribution in [0.2, 0.25) is 0 Å². The lowest BCUT2D eigenvalue weighted by molar-refractivity contribution is -0.112. The molecule has 0 aliphatic carbocycles. The van der Waals surface area contributed by atoms with Gasteiger partial charge in [0, 0.05) is 60.1 Å². The lowest BCUT2D eigenvalue weighted by Crippen LogP contribution is -2.47. The van der Waals surface area contributed by atoms with E-state index < -0.39 is 17.7 Å². The predicted molar refractivity (Wildman–Crippen MR) is 172 cm³/mol. The van der Waals surface area contributed by atoms with E-state index in [4.69, 9.17) is 14.5 Å². The number of aromatic nitrogens is 3. The van der Waals surface area contributed by atoms with E-state index in [2.05, 4.69) is 20.6 Å². The minimum atomic E-state index is -4.60. The molecule has 13 heteroatoms. The summed E-state index contributed by atoms with van der Waals surface area (Å²) in [6.07, 6.45) is 0.220. The molecule has 2 amide bonds. The van der Waals surface area contributed by atoms with Gasteiger partial charge in [-0.15, -0.1) is 0 Å². The third-order valence-electron chi connectivity index (χ3n) is 7.20. The SMILES string of the molecule is Cc1ccc2c(NC(=O)/C=C/C(F)(F)F)cccc2c1Oc1ncccc1-c1ccnc(N[C@H]2CCCN(C(=O)OC(C)(C)C)C2)n1. The Hall–Kier alpha value is -5.20. The molecule has 0 saturated carbocycles. The van der Waals surface area contributed by atoms with Gasteiger partial charge in [0.05, 0.1) is 11.3 Å². The van der Waals surface area contributed by atoms with Crippen molar-refractivity contribution in [3.63, 3.8) is 0 Å². The second kappa shape index (κ2) is 13.7. The van der Waals surface area contributed by atoms with Crippen LogP contribution in [-0.4, -0.2) is 62.8 Å². The number of allylic oxidation sites excluding steroid dienone is 1. The van der Waals surface area contributed by atoms with Crippen molar-refractivity contribution in [3.8, 4) is 22.9 Å². The fraction of sp³-hybridized carbons (Fsp3) is 0.324. The van der Waals surface area contributed by atoms with Crippen LogP contribution in [0.3, 0.4) is 0 Å². The summed E-state index contributed by atoms with van der Waals surface area (Å²) in [5.74, 6) is 0.198. The number of likely N-dealkylation sites (tertiary alicyclic amines) is 1. The summed E-state index contributed by atoms with van der Waals surface area (Å²) in [6, 6.07) is 13.9. The number of hydrogen-bond acceptors (Lipinski definition) is 8. The van der Waals surface area contributed by atoms with Crippen molar-refractivity contribution in [2.45, 2.75) is 58.4 Å². The van der Waals surface area contributed by atoms with Gasteiger partial charge in [-0.3, -0.25) is 4.79 Å². The molecule has 1 fully saturated rings. The predicted octanol–water partition coefficient (Wildman–Crippen LogP) is 7.66. The lowest BCUT2D eigenvalue weighted by Gasteiger charge is -2.34. The number of benzene rings is 2. The first-order valence-electron chi connectivity index (χ1n) is 15.1. The molecule has 246 valence electrons. The van der Waals surface area contributed by atoms with Gasteiger partial charge in [0.25, 0.3) is 0 Å². The third kappa shape index (κ3) is 8.75. The number of pyridine rings is 1. The van der Waals surface area contributed by atoms with Crippen molar-refractivity contribution in [3.05, 3.63) is 78.6 Å². The van der Waals surface area contributed by atoms with Crippen LogP contribution >= 0.6 is 0 Å². The number of ether oxygens (including phenoxy) is 2. The highest BCUT2D eigenvalue weighted by Crippen LogP contribution is 2.38. The van der Waals surface area contributed by atoms with Crippen LogP contribution in [0.25, 0.3) is 22.0 Å². The number of carbonyl (C=O) groups excluding carboxylic acids is 2. The number of rotatable bonds is 7. The van der Waals surface area contributed by atoms with Crippen LogP contribution in [-0.2, 0) is 9.53 Å². The highest BCUT2D eigenvalue weighted by molar-refractivity contribution is 6.07. The van der Waals surface area contributed by atoms with E-state index in [1.165, 1.54) is 0 Å². The highest BCUT2D eigenvalue weighted by atomic mass is 19.4. The van der Waals surface area contributed by atoms with Crippen LogP contribution in [0.4, 0.5) is 29.6 Å². The summed E-state index contributed by atoms with van der Waals surface area (Å²) in [4.78, 5) is 40.1. The standard InChI is InChI=1S/C34H35F3N6O4/c1-21-12-13-23-24(9-5-11-26(23)41-28(44)14-16-34(35,36)37)29(21)46-30-25(10-6-17-38-30)27-15-18-39-31(42-27)40-22-8-7-19-43(20-22)32(45)47-33(2,3)4/h5-6,9-18,22H,7-8,19-20H2,1-4H3,(H,41,44)(H,39,40,42)/b16-14+/t22-/m0/s1. The van der Waals surface area contributed by atoms with Crippen molar-refractivity contribution < 1.29 is 32.2 Å². The lowest BCUT2D eigenvalue weighted by atomic mass is 10.0. The van der Waals surface area contributed by atoms with Crippen molar-refractivity contribution in [1.82, 2.24) is 19.9 Å². The first-order chi connectivity index (χ1) is 22.3. The maximum absolute atomic E-state index is 12.6. The number of halogens is 3. The number of amides is 2. The second-order valence-corrected chi connectivity index (χ2v) is 12.1. The largest absolute Gasteiger partial charge is 0.444 e. The van der Waals surface area contributed by atoms with E-state index in [1.807, 2.05) is 33.8 Å². The van der Waals surface area contributed by atoms with Gasteiger partial charge >= 0.3 is 12.3 Å². The maximum Gasteiger partial charge on any atom is 0.410 e. The molecular formula is C34H35F3N6O4. The molecule has 0 bridgehead atoms. The first-order valence-corrected chi connectivity index (χ1v) is 15.1. The van der Waals surface area contributed by atoms with Crippen LogP contribution in [0.5, 0.6) is 11.6 Å². The number of piperidine rings is 1. The van der Waals surface area contributed by atoms with Crippen LogP contribution < -0.4 is 15.4 Å². The summed E-state index contributed by atoms with van der Waals surface area (Å²) < 4.78 is 49.6. The van der Waals surface area contributed by atoms with Gasteiger partial charge in [0.1, 0.15) is 11.4 Å². The van der Waals surface area contributed by atoms with Crippen LogP contribution in [0.15, 0.2) is 73.1 Å². The average Bonchev–Trinajstić information content (AvgIpc) is 3.01. The molecule has 1 aliphatic rings. The summed E-state index contributed by atoms with van der Waals surface area (Å²) >= 11 is 0. The molecule has 2 aromatic carbocycles. The van der Waals surface area contributed by atoms with E-state index in [-0.39, 0.29) is 24.1 Å². The van der Waals surface area contributed by atoms with Crippen molar-refractivity contribution >= 4 is 34.4 Å². The van der Waals surface area contributed by atoms with Gasteiger partial charge in [-0.2, -0.15) is 13.2 Å². The summed E-state index contributed by atoms with van der Waals surface area (Å²) in [7, 11) is 0. The number of hydrogen-bond donors (Lipinski definition) is 2. The molecule has 5 rings (SSSR count). The van der Waals surface area contributed by atoms with Gasteiger partial charge < -0.3 is 25.0 Å². The molecule has 3 heterocycles. The van der Waals surface area contributed by atoms with E-state index >= 15 is 0 Å². The molecule has 4 aromatic rings. The quantitative estimate of drug-likeness (QED) is 0.196. The molecule has 0 radical (unpaired) electrons. The monoisotopic (exact) mass is 648 g/mol. The minimum Gasteiger partial charge on any atom is -0.444 e. The first kappa shape index (κ1) is 33.2. The van der Waals surface area contributed by atoms with Gasteiger partial charge in [-0.25, -0.2) is 19.7 Å².